The van der Waals surface area contributed by atoms with Crippen molar-refractivity contribution in [1.29, 1.82) is 0 Å². The maximum atomic E-state index is 5.45. The maximum absolute atomic E-state index is 5.45. The molecular formula is C13H18N4O. The Morgan fingerprint density at radius 1 is 1.44 bits per heavy atom. The van der Waals surface area contributed by atoms with Crippen molar-refractivity contribution in [2.45, 2.75) is 39.4 Å². The van der Waals surface area contributed by atoms with Crippen LogP contribution in [0.15, 0.2) is 23.0 Å². The zero-order valence-electron chi connectivity index (χ0n) is 10.8. The van der Waals surface area contributed by atoms with Crippen molar-refractivity contribution >= 4 is 0 Å². The third-order valence-corrected chi connectivity index (χ3v) is 3.54. The first-order valence-electron chi connectivity index (χ1n) is 6.42. The molecule has 0 fully saturated rings. The van der Waals surface area contributed by atoms with Gasteiger partial charge in [-0.3, -0.25) is 9.58 Å². The molecule has 0 bridgehead atoms. The van der Waals surface area contributed by atoms with Crippen LogP contribution >= 0.6 is 0 Å². The van der Waals surface area contributed by atoms with Gasteiger partial charge in [-0.2, -0.15) is 5.10 Å². The standard InChI is InChI=1S/C13H18N4O/c1-10(2)16-7-4-13-11(8-16)12(15-18-13)9-17-6-3-5-14-17/h3,5-6,10H,4,7-9H2,1-2H3. The minimum absolute atomic E-state index is 0.561. The Bertz CT molecular complexity index is 515. The van der Waals surface area contributed by atoms with Gasteiger partial charge in [0.05, 0.1) is 6.54 Å². The summed E-state index contributed by atoms with van der Waals surface area (Å²) in [5.41, 5.74) is 2.27. The van der Waals surface area contributed by atoms with Crippen molar-refractivity contribution in [3.05, 3.63) is 35.5 Å². The second kappa shape index (κ2) is 4.57. The third-order valence-electron chi connectivity index (χ3n) is 3.54. The quantitative estimate of drug-likeness (QED) is 0.826. The fourth-order valence-electron chi connectivity index (χ4n) is 2.40. The Morgan fingerprint density at radius 2 is 2.33 bits per heavy atom. The minimum Gasteiger partial charge on any atom is -0.361 e. The van der Waals surface area contributed by atoms with Gasteiger partial charge in [0.1, 0.15) is 11.5 Å². The molecule has 0 saturated heterocycles. The molecule has 3 heterocycles. The highest BCUT2D eigenvalue weighted by Crippen LogP contribution is 2.24. The fraction of sp³-hybridized carbons (Fsp3) is 0.538. The van der Waals surface area contributed by atoms with E-state index in [1.54, 1.807) is 6.20 Å². The van der Waals surface area contributed by atoms with Crippen LogP contribution in [0.1, 0.15) is 30.9 Å². The summed E-state index contributed by atoms with van der Waals surface area (Å²) in [6.07, 6.45) is 4.69. The lowest BCUT2D eigenvalue weighted by Crippen LogP contribution is -2.35. The molecule has 3 rings (SSSR count). The van der Waals surface area contributed by atoms with Crippen LogP contribution in [0.4, 0.5) is 0 Å². The van der Waals surface area contributed by atoms with Crippen LogP contribution in [-0.2, 0) is 19.5 Å². The molecule has 0 N–H and O–H groups in total. The first-order chi connectivity index (χ1) is 8.74. The van der Waals surface area contributed by atoms with Gasteiger partial charge in [-0.05, 0) is 19.9 Å². The van der Waals surface area contributed by atoms with Gasteiger partial charge in [0.25, 0.3) is 0 Å². The molecule has 0 aliphatic carbocycles. The highest BCUT2D eigenvalue weighted by molar-refractivity contribution is 5.25. The molecule has 5 nitrogen and oxygen atoms in total. The topological polar surface area (TPSA) is 47.1 Å². The molecule has 0 aromatic carbocycles. The molecule has 18 heavy (non-hydrogen) atoms. The molecule has 96 valence electrons. The van der Waals surface area contributed by atoms with E-state index in [9.17, 15) is 0 Å². The lowest BCUT2D eigenvalue weighted by atomic mass is 10.0. The molecule has 2 aromatic heterocycles. The second-order valence-corrected chi connectivity index (χ2v) is 5.05. The normalized spacial score (nSPS) is 16.2. The van der Waals surface area contributed by atoms with Crippen molar-refractivity contribution in [3.63, 3.8) is 0 Å². The molecule has 5 heteroatoms. The average Bonchev–Trinajstić information content (AvgIpc) is 2.99. The first-order valence-corrected chi connectivity index (χ1v) is 6.42. The van der Waals surface area contributed by atoms with Crippen LogP contribution < -0.4 is 0 Å². The van der Waals surface area contributed by atoms with Crippen LogP contribution in [0.25, 0.3) is 0 Å². The van der Waals surface area contributed by atoms with Gasteiger partial charge in [-0.25, -0.2) is 0 Å². The molecule has 0 amide bonds. The van der Waals surface area contributed by atoms with Gasteiger partial charge in [0, 0.05) is 43.5 Å². The summed E-state index contributed by atoms with van der Waals surface area (Å²) in [7, 11) is 0. The van der Waals surface area contributed by atoms with Crippen LogP contribution in [0.2, 0.25) is 0 Å². The van der Waals surface area contributed by atoms with Crippen molar-refractivity contribution in [2.24, 2.45) is 0 Å². The predicted octanol–water partition coefficient (Wildman–Crippen LogP) is 1.69. The van der Waals surface area contributed by atoms with Gasteiger partial charge < -0.3 is 4.52 Å². The molecule has 0 spiro atoms. The minimum atomic E-state index is 0.561. The van der Waals surface area contributed by atoms with Gasteiger partial charge in [-0.15, -0.1) is 0 Å². The highest BCUT2D eigenvalue weighted by Gasteiger charge is 2.25. The Morgan fingerprint density at radius 3 is 3.06 bits per heavy atom. The van der Waals surface area contributed by atoms with E-state index < -0.39 is 0 Å². The number of aromatic nitrogens is 3. The number of rotatable bonds is 3. The van der Waals surface area contributed by atoms with E-state index >= 15 is 0 Å². The maximum Gasteiger partial charge on any atom is 0.142 e. The number of hydrogen-bond acceptors (Lipinski definition) is 4. The molecule has 1 aliphatic heterocycles. The summed E-state index contributed by atoms with van der Waals surface area (Å²) in [5, 5.41) is 8.42. The molecule has 0 atom stereocenters. The summed E-state index contributed by atoms with van der Waals surface area (Å²) in [6, 6.07) is 2.48. The Balaban J connectivity index is 1.83. The van der Waals surface area contributed by atoms with E-state index in [4.69, 9.17) is 4.52 Å². The number of nitrogens with zero attached hydrogens (tertiary/aromatic N) is 4. The summed E-state index contributed by atoms with van der Waals surface area (Å²) >= 11 is 0. The number of hydrogen-bond donors (Lipinski definition) is 0. The van der Waals surface area contributed by atoms with E-state index in [1.165, 1.54) is 5.56 Å². The van der Waals surface area contributed by atoms with Crippen LogP contribution in [0.5, 0.6) is 0 Å². The SMILES string of the molecule is CC(C)N1CCc2onc(Cn3cccn3)c2C1. The van der Waals surface area contributed by atoms with E-state index in [1.807, 2.05) is 16.9 Å². The Kier molecular flexibility index (Phi) is 2.91. The number of fused-ring (bicyclic) bond motifs is 1. The predicted molar refractivity (Wildman–Crippen MR) is 67.1 cm³/mol. The first kappa shape index (κ1) is 11.5. The van der Waals surface area contributed by atoms with E-state index in [2.05, 4.69) is 29.0 Å². The molecule has 2 aromatic rings. The summed E-state index contributed by atoms with van der Waals surface area (Å²) in [6.45, 7) is 7.14. The molecule has 0 unspecified atom stereocenters. The zero-order chi connectivity index (χ0) is 12.5. The fourth-order valence-corrected chi connectivity index (χ4v) is 2.40. The largest absolute Gasteiger partial charge is 0.361 e. The van der Waals surface area contributed by atoms with Crippen LogP contribution in [0.3, 0.4) is 0 Å². The van der Waals surface area contributed by atoms with Gasteiger partial charge in [0.15, 0.2) is 0 Å². The molecule has 1 aliphatic rings. The van der Waals surface area contributed by atoms with Gasteiger partial charge >= 0.3 is 0 Å². The Hall–Kier alpha value is -1.62. The van der Waals surface area contributed by atoms with Gasteiger partial charge in [0.2, 0.25) is 0 Å². The van der Waals surface area contributed by atoms with E-state index in [0.29, 0.717) is 12.6 Å². The van der Waals surface area contributed by atoms with Crippen LogP contribution in [-0.4, -0.2) is 32.4 Å². The van der Waals surface area contributed by atoms with Crippen molar-refractivity contribution in [1.82, 2.24) is 19.8 Å². The van der Waals surface area contributed by atoms with Crippen molar-refractivity contribution < 1.29 is 4.52 Å². The molecule has 0 saturated carbocycles. The Labute approximate surface area is 106 Å². The highest BCUT2D eigenvalue weighted by atomic mass is 16.5. The lowest BCUT2D eigenvalue weighted by Gasteiger charge is -2.29. The smallest absolute Gasteiger partial charge is 0.142 e. The molecule has 0 radical (unpaired) electrons. The summed E-state index contributed by atoms with van der Waals surface area (Å²) in [4.78, 5) is 2.45. The average molecular weight is 246 g/mol. The van der Waals surface area contributed by atoms with E-state index in [0.717, 1.165) is 31.0 Å². The van der Waals surface area contributed by atoms with Crippen molar-refractivity contribution in [2.75, 3.05) is 6.54 Å². The zero-order valence-corrected chi connectivity index (χ0v) is 10.8. The third kappa shape index (κ3) is 2.06. The van der Waals surface area contributed by atoms with Gasteiger partial charge in [-0.1, -0.05) is 5.16 Å². The molecular weight excluding hydrogens is 228 g/mol. The summed E-state index contributed by atoms with van der Waals surface area (Å²) < 4.78 is 7.33. The van der Waals surface area contributed by atoms with Crippen LogP contribution in [0, 0.1) is 0 Å². The second-order valence-electron chi connectivity index (χ2n) is 5.05. The lowest BCUT2D eigenvalue weighted by molar-refractivity contribution is 0.192. The summed E-state index contributed by atoms with van der Waals surface area (Å²) in [5.74, 6) is 1.05. The van der Waals surface area contributed by atoms with Crippen molar-refractivity contribution in [3.8, 4) is 0 Å². The van der Waals surface area contributed by atoms with E-state index in [-0.39, 0.29) is 0 Å². The monoisotopic (exact) mass is 246 g/mol.